The molecule has 0 radical (unpaired) electrons. The Morgan fingerprint density at radius 1 is 1.24 bits per heavy atom. The van der Waals surface area contributed by atoms with Gasteiger partial charge < -0.3 is 5.32 Å². The van der Waals surface area contributed by atoms with Crippen molar-refractivity contribution < 1.29 is 13.2 Å². The molecular formula is C15H17F3N2S. The van der Waals surface area contributed by atoms with Crippen LogP contribution in [0, 0.1) is 0 Å². The van der Waals surface area contributed by atoms with Gasteiger partial charge in [-0.05, 0) is 5.56 Å². The minimum absolute atomic E-state index is 0.0874. The molecule has 0 bridgehead atoms. The molecule has 1 aromatic heterocycles. The fraction of sp³-hybridized carbons (Fsp3) is 0.400. The Bertz CT molecular complexity index is 526. The molecular weight excluding hydrogens is 297 g/mol. The van der Waals surface area contributed by atoms with E-state index in [0.29, 0.717) is 12.1 Å². The fourth-order valence-corrected chi connectivity index (χ4v) is 2.81. The molecule has 0 aliphatic carbocycles. The van der Waals surface area contributed by atoms with E-state index in [4.69, 9.17) is 0 Å². The molecule has 1 N–H and O–H groups in total. The van der Waals surface area contributed by atoms with Gasteiger partial charge in [0.15, 0.2) is 0 Å². The summed E-state index contributed by atoms with van der Waals surface area (Å²) in [5.41, 5.74) is 0.654. The van der Waals surface area contributed by atoms with Gasteiger partial charge in [0.05, 0.1) is 11.4 Å². The summed E-state index contributed by atoms with van der Waals surface area (Å²) < 4.78 is 38.2. The van der Waals surface area contributed by atoms with Crippen LogP contribution >= 0.6 is 11.3 Å². The number of aromatic nitrogens is 1. The molecule has 0 aliphatic heterocycles. The zero-order valence-electron chi connectivity index (χ0n) is 11.6. The first-order valence-electron chi connectivity index (χ1n) is 6.70. The van der Waals surface area contributed by atoms with Crippen LogP contribution in [0.1, 0.15) is 35.9 Å². The number of hydrogen-bond acceptors (Lipinski definition) is 3. The Morgan fingerprint density at radius 2 is 1.95 bits per heavy atom. The Hall–Kier alpha value is -1.40. The Kier molecular flexibility index (Phi) is 5.36. The largest absolute Gasteiger partial charge is 0.390 e. The molecule has 6 heteroatoms. The maximum absolute atomic E-state index is 12.7. The lowest BCUT2D eigenvalue weighted by molar-refractivity contribution is -0.140. The van der Waals surface area contributed by atoms with Crippen molar-refractivity contribution in [3.05, 3.63) is 52.5 Å². The van der Waals surface area contributed by atoms with Gasteiger partial charge in [-0.1, -0.05) is 37.3 Å². The van der Waals surface area contributed by atoms with Crippen molar-refractivity contribution in [3.8, 4) is 0 Å². The normalized spacial score (nSPS) is 14.9. The van der Waals surface area contributed by atoms with Gasteiger partial charge in [0.1, 0.15) is 0 Å². The topological polar surface area (TPSA) is 24.9 Å². The van der Waals surface area contributed by atoms with E-state index in [9.17, 15) is 13.2 Å². The van der Waals surface area contributed by atoms with Gasteiger partial charge in [-0.3, -0.25) is 0 Å². The lowest BCUT2D eigenvalue weighted by Gasteiger charge is -2.22. The number of rotatable bonds is 6. The minimum atomic E-state index is -4.20. The first kappa shape index (κ1) is 16.0. The van der Waals surface area contributed by atoms with Crippen molar-refractivity contribution in [1.29, 1.82) is 0 Å². The summed E-state index contributed by atoms with van der Waals surface area (Å²) in [6.45, 7) is 2.42. The number of nitrogens with one attached hydrogen (secondary N) is 1. The van der Waals surface area contributed by atoms with E-state index < -0.39 is 18.6 Å². The van der Waals surface area contributed by atoms with Crippen LogP contribution in [0.5, 0.6) is 0 Å². The highest BCUT2D eigenvalue weighted by Crippen LogP contribution is 2.30. The summed E-state index contributed by atoms with van der Waals surface area (Å²) in [4.78, 5) is 4.20. The van der Waals surface area contributed by atoms with Gasteiger partial charge >= 0.3 is 6.18 Å². The first-order chi connectivity index (χ1) is 9.96. The fourth-order valence-electron chi connectivity index (χ4n) is 2.11. The smallest absolute Gasteiger partial charge is 0.309 e. The van der Waals surface area contributed by atoms with Crippen molar-refractivity contribution >= 4 is 11.3 Å². The van der Waals surface area contributed by atoms with Gasteiger partial charge in [-0.15, -0.1) is 11.3 Å². The summed E-state index contributed by atoms with van der Waals surface area (Å²) in [6, 6.07) is 8.02. The molecule has 114 valence electrons. The highest BCUT2D eigenvalue weighted by molar-refractivity contribution is 7.09. The third-order valence-corrected chi connectivity index (χ3v) is 4.19. The summed E-state index contributed by atoms with van der Waals surface area (Å²) in [6.07, 6.45) is -3.36. The predicted molar refractivity (Wildman–Crippen MR) is 78.4 cm³/mol. The second-order valence-electron chi connectivity index (χ2n) is 4.96. The third-order valence-electron chi connectivity index (χ3n) is 3.18. The van der Waals surface area contributed by atoms with Crippen LogP contribution in [-0.2, 0) is 0 Å². The molecule has 2 rings (SSSR count). The van der Waals surface area contributed by atoms with Crippen LogP contribution in [-0.4, -0.2) is 17.7 Å². The van der Waals surface area contributed by atoms with Crippen molar-refractivity contribution in [2.45, 2.75) is 31.5 Å². The molecule has 0 saturated carbocycles. The van der Waals surface area contributed by atoms with Crippen LogP contribution in [0.2, 0.25) is 0 Å². The van der Waals surface area contributed by atoms with E-state index in [1.165, 1.54) is 11.3 Å². The van der Waals surface area contributed by atoms with E-state index in [1.807, 2.05) is 12.3 Å². The molecule has 0 spiro atoms. The predicted octanol–water partition coefficient (Wildman–Crippen LogP) is 4.53. The standard InChI is InChI=1S/C15H17F3N2S/c1-11(14-19-7-8-21-14)10-20-13(9-15(16,17)18)12-5-3-2-4-6-12/h2-8,11,13,20H,9-10H2,1H3. The zero-order valence-corrected chi connectivity index (χ0v) is 12.4. The van der Waals surface area contributed by atoms with E-state index in [0.717, 1.165) is 5.01 Å². The second-order valence-corrected chi connectivity index (χ2v) is 5.89. The van der Waals surface area contributed by atoms with Crippen molar-refractivity contribution in [1.82, 2.24) is 10.3 Å². The Labute approximate surface area is 126 Å². The molecule has 2 atom stereocenters. The van der Waals surface area contributed by atoms with Gasteiger partial charge in [-0.25, -0.2) is 4.98 Å². The highest BCUT2D eigenvalue weighted by Gasteiger charge is 2.32. The van der Waals surface area contributed by atoms with Crippen molar-refractivity contribution in [2.24, 2.45) is 0 Å². The molecule has 2 unspecified atom stereocenters. The Balaban J connectivity index is 2.02. The van der Waals surface area contributed by atoms with Crippen LogP contribution in [0.4, 0.5) is 13.2 Å². The second kappa shape index (κ2) is 7.04. The van der Waals surface area contributed by atoms with E-state index in [1.54, 1.807) is 36.5 Å². The lowest BCUT2D eigenvalue weighted by atomic mass is 10.0. The number of nitrogens with zero attached hydrogens (tertiary/aromatic N) is 1. The molecule has 1 aromatic carbocycles. The van der Waals surface area contributed by atoms with Crippen LogP contribution < -0.4 is 5.32 Å². The molecule has 0 aliphatic rings. The maximum Gasteiger partial charge on any atom is 0.390 e. The highest BCUT2D eigenvalue weighted by atomic mass is 32.1. The average Bonchev–Trinajstić information content (AvgIpc) is 2.97. The van der Waals surface area contributed by atoms with Crippen molar-refractivity contribution in [3.63, 3.8) is 0 Å². The molecule has 2 nitrogen and oxygen atoms in total. The lowest BCUT2D eigenvalue weighted by Crippen LogP contribution is -2.29. The summed E-state index contributed by atoms with van der Waals surface area (Å²) in [5.74, 6) is 0.0874. The van der Waals surface area contributed by atoms with Gasteiger partial charge in [0.25, 0.3) is 0 Å². The van der Waals surface area contributed by atoms with E-state index >= 15 is 0 Å². The average molecular weight is 314 g/mol. The zero-order chi connectivity index (χ0) is 15.3. The van der Waals surface area contributed by atoms with E-state index in [-0.39, 0.29) is 5.92 Å². The molecule has 0 fully saturated rings. The first-order valence-corrected chi connectivity index (χ1v) is 7.58. The summed E-state index contributed by atoms with van der Waals surface area (Å²) in [5, 5.41) is 5.83. The minimum Gasteiger partial charge on any atom is -0.309 e. The molecule has 2 aromatic rings. The number of benzene rings is 1. The number of hydrogen-bond donors (Lipinski definition) is 1. The van der Waals surface area contributed by atoms with Crippen molar-refractivity contribution in [2.75, 3.05) is 6.54 Å². The van der Waals surface area contributed by atoms with Gasteiger partial charge in [0, 0.05) is 30.1 Å². The molecule has 1 heterocycles. The monoisotopic (exact) mass is 314 g/mol. The quantitative estimate of drug-likeness (QED) is 0.847. The molecule has 0 saturated heterocycles. The summed E-state index contributed by atoms with van der Waals surface area (Å²) >= 11 is 1.52. The molecule has 0 amide bonds. The molecule has 21 heavy (non-hydrogen) atoms. The Morgan fingerprint density at radius 3 is 2.52 bits per heavy atom. The van der Waals surface area contributed by atoms with Gasteiger partial charge in [-0.2, -0.15) is 13.2 Å². The van der Waals surface area contributed by atoms with Crippen LogP contribution in [0.3, 0.4) is 0 Å². The SMILES string of the molecule is CC(CNC(CC(F)(F)F)c1ccccc1)c1nccs1. The van der Waals surface area contributed by atoms with E-state index in [2.05, 4.69) is 10.3 Å². The van der Waals surface area contributed by atoms with Crippen LogP contribution in [0.25, 0.3) is 0 Å². The number of thiazole rings is 1. The third kappa shape index (κ3) is 5.13. The summed E-state index contributed by atoms with van der Waals surface area (Å²) in [7, 11) is 0. The van der Waals surface area contributed by atoms with Crippen LogP contribution in [0.15, 0.2) is 41.9 Å². The maximum atomic E-state index is 12.7. The van der Waals surface area contributed by atoms with Gasteiger partial charge in [0.2, 0.25) is 0 Å². The number of halogens is 3. The number of alkyl halides is 3.